The van der Waals surface area contributed by atoms with Gasteiger partial charge in [-0.3, -0.25) is 10.0 Å². The molecule has 0 aliphatic carbocycles. The molecule has 0 spiro atoms. The first-order chi connectivity index (χ1) is 8.17. The molecule has 7 nitrogen and oxygen atoms in total. The molecule has 0 aliphatic heterocycles. The number of hydrogen-bond acceptors (Lipinski definition) is 6. The second kappa shape index (κ2) is 6.59. The first-order valence-corrected chi connectivity index (χ1v) is 4.82. The maximum atomic E-state index is 11.2. The molecule has 0 saturated carbocycles. The SMILES string of the molecule is COc1cccc(/C=C/CC(=O)N(N)NO)n1. The lowest BCUT2D eigenvalue weighted by Gasteiger charge is -2.10. The van der Waals surface area contributed by atoms with Crippen LogP contribution in [0.5, 0.6) is 5.88 Å². The molecule has 0 aliphatic rings. The summed E-state index contributed by atoms with van der Waals surface area (Å²) in [6, 6.07) is 5.28. The number of pyridine rings is 1. The summed E-state index contributed by atoms with van der Waals surface area (Å²) in [7, 11) is 1.53. The fourth-order valence-electron chi connectivity index (χ4n) is 1.07. The molecule has 0 atom stereocenters. The molecule has 0 aromatic carbocycles. The molecule has 0 radical (unpaired) electrons. The minimum absolute atomic E-state index is 0.0446. The van der Waals surface area contributed by atoms with Gasteiger partial charge in [0.05, 0.1) is 12.8 Å². The summed E-state index contributed by atoms with van der Waals surface area (Å²) in [5.74, 6) is 5.11. The van der Waals surface area contributed by atoms with Gasteiger partial charge in [0.2, 0.25) is 5.88 Å². The van der Waals surface area contributed by atoms with Gasteiger partial charge in [-0.05, 0) is 12.1 Å². The Morgan fingerprint density at radius 1 is 1.71 bits per heavy atom. The summed E-state index contributed by atoms with van der Waals surface area (Å²) in [4.78, 5) is 15.3. The minimum Gasteiger partial charge on any atom is -0.481 e. The molecule has 0 bridgehead atoms. The van der Waals surface area contributed by atoms with Gasteiger partial charge in [0, 0.05) is 12.5 Å². The number of carbonyl (C=O) groups excluding carboxylic acids is 1. The van der Waals surface area contributed by atoms with E-state index >= 15 is 0 Å². The standard InChI is InChI=1S/C10H14N4O3/c1-17-9-6-2-4-8(12-9)5-3-7-10(15)14(11)13-16/h2-6,13,16H,7,11H2,1H3/b5-3+. The number of aromatic nitrogens is 1. The van der Waals surface area contributed by atoms with Crippen LogP contribution in [0.2, 0.25) is 0 Å². The highest BCUT2D eigenvalue weighted by Gasteiger charge is 2.04. The normalized spacial score (nSPS) is 10.5. The van der Waals surface area contributed by atoms with Gasteiger partial charge in [-0.25, -0.2) is 10.8 Å². The second-order valence-electron chi connectivity index (χ2n) is 3.08. The highest BCUT2D eigenvalue weighted by atomic mass is 16.5. The van der Waals surface area contributed by atoms with Crippen molar-refractivity contribution in [3.05, 3.63) is 30.0 Å². The van der Waals surface area contributed by atoms with E-state index in [1.807, 2.05) is 0 Å². The van der Waals surface area contributed by atoms with Crippen molar-refractivity contribution in [3.63, 3.8) is 0 Å². The van der Waals surface area contributed by atoms with E-state index in [0.717, 1.165) is 0 Å². The van der Waals surface area contributed by atoms with Crippen LogP contribution in [0, 0.1) is 0 Å². The Morgan fingerprint density at radius 3 is 3.12 bits per heavy atom. The number of methoxy groups -OCH3 is 1. The predicted molar refractivity (Wildman–Crippen MR) is 60.4 cm³/mol. The van der Waals surface area contributed by atoms with Crippen LogP contribution < -0.4 is 16.2 Å². The molecular weight excluding hydrogens is 224 g/mol. The Kier molecular flexibility index (Phi) is 5.08. The average Bonchev–Trinajstić information content (AvgIpc) is 2.37. The second-order valence-corrected chi connectivity index (χ2v) is 3.08. The van der Waals surface area contributed by atoms with E-state index in [2.05, 4.69) is 4.98 Å². The number of nitrogens with one attached hydrogen (secondary N) is 1. The van der Waals surface area contributed by atoms with E-state index in [-0.39, 0.29) is 6.42 Å². The van der Waals surface area contributed by atoms with Gasteiger partial charge >= 0.3 is 0 Å². The molecule has 1 rings (SSSR count). The van der Waals surface area contributed by atoms with Crippen molar-refractivity contribution in [1.29, 1.82) is 0 Å². The van der Waals surface area contributed by atoms with Crippen molar-refractivity contribution in [2.24, 2.45) is 5.84 Å². The highest BCUT2D eigenvalue weighted by Crippen LogP contribution is 2.08. The number of ether oxygens (including phenoxy) is 1. The monoisotopic (exact) mass is 238 g/mol. The van der Waals surface area contributed by atoms with E-state index in [1.165, 1.54) is 12.7 Å². The number of carbonyl (C=O) groups is 1. The first kappa shape index (κ1) is 13.1. The largest absolute Gasteiger partial charge is 0.481 e. The molecule has 1 aromatic rings. The fourth-order valence-corrected chi connectivity index (χ4v) is 1.07. The lowest BCUT2D eigenvalue weighted by atomic mass is 10.3. The summed E-state index contributed by atoms with van der Waals surface area (Å²) in [6.07, 6.45) is 3.29. The lowest BCUT2D eigenvalue weighted by molar-refractivity contribution is -0.144. The molecule has 92 valence electrons. The number of nitrogens with zero attached hydrogens (tertiary/aromatic N) is 2. The number of amides is 1. The molecule has 1 heterocycles. The zero-order chi connectivity index (χ0) is 12.7. The van der Waals surface area contributed by atoms with Crippen LogP contribution in [-0.4, -0.2) is 28.3 Å². The van der Waals surface area contributed by atoms with Gasteiger partial charge in [-0.15, -0.1) is 0 Å². The Labute approximate surface area is 98.4 Å². The Bertz CT molecular complexity index is 408. The van der Waals surface area contributed by atoms with Crippen LogP contribution in [0.25, 0.3) is 6.08 Å². The molecule has 0 fully saturated rings. The van der Waals surface area contributed by atoms with Crippen LogP contribution in [-0.2, 0) is 4.79 Å². The quantitative estimate of drug-likeness (QED) is 0.382. The highest BCUT2D eigenvalue weighted by molar-refractivity contribution is 5.77. The van der Waals surface area contributed by atoms with Crippen molar-refractivity contribution < 1.29 is 14.7 Å². The maximum Gasteiger partial charge on any atom is 0.256 e. The third kappa shape index (κ3) is 4.19. The molecular formula is C10H14N4O3. The van der Waals surface area contributed by atoms with Crippen LogP contribution in [0.4, 0.5) is 0 Å². The van der Waals surface area contributed by atoms with E-state index in [9.17, 15) is 4.79 Å². The Balaban J connectivity index is 2.56. The van der Waals surface area contributed by atoms with Crippen LogP contribution in [0.15, 0.2) is 24.3 Å². The van der Waals surface area contributed by atoms with Gasteiger partial charge in [0.25, 0.3) is 5.91 Å². The third-order valence-corrected chi connectivity index (χ3v) is 1.91. The van der Waals surface area contributed by atoms with Gasteiger partial charge in [-0.1, -0.05) is 17.7 Å². The summed E-state index contributed by atoms with van der Waals surface area (Å²) in [5, 5.41) is 8.86. The molecule has 4 N–H and O–H groups in total. The average molecular weight is 238 g/mol. The van der Waals surface area contributed by atoms with Crippen molar-refractivity contribution in [3.8, 4) is 5.88 Å². The molecule has 0 saturated heterocycles. The number of rotatable bonds is 5. The van der Waals surface area contributed by atoms with Crippen LogP contribution >= 0.6 is 0 Å². The molecule has 1 aromatic heterocycles. The van der Waals surface area contributed by atoms with Crippen LogP contribution in [0.3, 0.4) is 0 Å². The summed E-state index contributed by atoms with van der Waals surface area (Å²) in [6.45, 7) is 0. The lowest BCUT2D eigenvalue weighted by Crippen LogP contribution is -2.46. The minimum atomic E-state index is -0.480. The molecule has 7 heteroatoms. The van der Waals surface area contributed by atoms with Crippen molar-refractivity contribution >= 4 is 12.0 Å². The van der Waals surface area contributed by atoms with Gasteiger partial charge in [-0.2, -0.15) is 5.12 Å². The Morgan fingerprint density at radius 2 is 2.47 bits per heavy atom. The van der Waals surface area contributed by atoms with E-state index in [1.54, 1.807) is 30.4 Å². The number of nitrogens with two attached hydrogens (primary N) is 1. The first-order valence-electron chi connectivity index (χ1n) is 4.82. The molecule has 1 amide bonds. The van der Waals surface area contributed by atoms with Crippen LogP contribution in [0.1, 0.15) is 12.1 Å². The van der Waals surface area contributed by atoms with Gasteiger partial charge in [0.1, 0.15) is 0 Å². The summed E-state index contributed by atoms with van der Waals surface area (Å²) in [5.41, 5.74) is 2.19. The van der Waals surface area contributed by atoms with Gasteiger partial charge in [0.15, 0.2) is 0 Å². The van der Waals surface area contributed by atoms with E-state index < -0.39 is 5.91 Å². The number of hydrogen-bond donors (Lipinski definition) is 3. The van der Waals surface area contributed by atoms with Crippen molar-refractivity contribution in [2.45, 2.75) is 6.42 Å². The number of hydrazine groups is 2. The fraction of sp³-hybridized carbons (Fsp3) is 0.200. The third-order valence-electron chi connectivity index (χ3n) is 1.91. The summed E-state index contributed by atoms with van der Waals surface area (Å²) >= 11 is 0. The van der Waals surface area contributed by atoms with Crippen molar-refractivity contribution in [1.82, 2.24) is 15.7 Å². The smallest absolute Gasteiger partial charge is 0.256 e. The maximum absolute atomic E-state index is 11.2. The predicted octanol–water partition coefficient (Wildman–Crippen LogP) is 0.0896. The Hall–Kier alpha value is -1.96. The van der Waals surface area contributed by atoms with E-state index in [4.69, 9.17) is 15.8 Å². The van der Waals surface area contributed by atoms with E-state index in [0.29, 0.717) is 16.7 Å². The molecule has 17 heavy (non-hydrogen) atoms. The topological polar surface area (TPSA) is 101 Å². The summed E-state index contributed by atoms with van der Waals surface area (Å²) < 4.78 is 4.95. The zero-order valence-corrected chi connectivity index (χ0v) is 9.33. The van der Waals surface area contributed by atoms with Gasteiger partial charge < -0.3 is 4.74 Å². The molecule has 0 unspecified atom stereocenters. The van der Waals surface area contributed by atoms with Crippen molar-refractivity contribution in [2.75, 3.05) is 7.11 Å². The zero-order valence-electron chi connectivity index (χ0n) is 9.33.